The van der Waals surface area contributed by atoms with Crippen LogP contribution in [0.15, 0.2) is 18.3 Å². The van der Waals surface area contributed by atoms with E-state index in [1.807, 2.05) is 11.0 Å². The number of amides is 2. The molecule has 26 heavy (non-hydrogen) atoms. The molecule has 2 aliphatic carbocycles. The first-order valence-corrected chi connectivity index (χ1v) is 9.36. The van der Waals surface area contributed by atoms with Gasteiger partial charge < -0.3 is 19.7 Å². The number of urea groups is 1. The van der Waals surface area contributed by atoms with Crippen LogP contribution in [0.4, 0.5) is 4.79 Å². The van der Waals surface area contributed by atoms with Crippen LogP contribution < -0.4 is 5.32 Å². The lowest BCUT2D eigenvalue weighted by Crippen LogP contribution is -2.57. The first kappa shape index (κ1) is 17.3. The van der Waals surface area contributed by atoms with Gasteiger partial charge in [-0.1, -0.05) is 6.07 Å². The molecule has 1 saturated carbocycles. The van der Waals surface area contributed by atoms with Crippen molar-refractivity contribution in [2.24, 2.45) is 5.92 Å². The summed E-state index contributed by atoms with van der Waals surface area (Å²) in [5.74, 6) is -0.0362. The van der Waals surface area contributed by atoms with Crippen LogP contribution in [0, 0.1) is 5.92 Å². The third-order valence-electron chi connectivity index (χ3n) is 5.81. The molecule has 1 saturated heterocycles. The Bertz CT molecular complexity index is 695. The van der Waals surface area contributed by atoms with E-state index in [-0.39, 0.29) is 36.1 Å². The summed E-state index contributed by atoms with van der Waals surface area (Å²) in [4.78, 5) is 30.9. The second-order valence-electron chi connectivity index (χ2n) is 7.33. The molecule has 1 aromatic heterocycles. The number of hydrogen-bond acceptors (Lipinski definition) is 5. The van der Waals surface area contributed by atoms with Gasteiger partial charge in [0.25, 0.3) is 0 Å². The van der Waals surface area contributed by atoms with Crippen LogP contribution in [0.3, 0.4) is 0 Å². The number of fused-ring (bicyclic) bond motifs is 2. The maximum absolute atomic E-state index is 13.0. The highest BCUT2D eigenvalue weighted by Crippen LogP contribution is 2.40. The van der Waals surface area contributed by atoms with E-state index < -0.39 is 0 Å². The van der Waals surface area contributed by atoms with Crippen LogP contribution in [-0.2, 0) is 20.7 Å². The van der Waals surface area contributed by atoms with Crippen molar-refractivity contribution >= 4 is 12.0 Å². The molecule has 7 heteroatoms. The summed E-state index contributed by atoms with van der Waals surface area (Å²) in [5.41, 5.74) is 2.22. The SMILES string of the molecule is COCCN(C(=O)N[C@@H]1C[C@H]2OC(=O)C[C@@H]12)C1CCCc2cccnc21. The fourth-order valence-corrected chi connectivity index (χ4v) is 4.37. The molecule has 2 fully saturated rings. The minimum Gasteiger partial charge on any atom is -0.462 e. The number of methoxy groups -OCH3 is 1. The zero-order valence-electron chi connectivity index (χ0n) is 15.0. The Morgan fingerprint density at radius 1 is 1.50 bits per heavy atom. The molecule has 3 aliphatic rings. The number of hydrogen-bond donors (Lipinski definition) is 1. The number of aromatic nitrogens is 1. The van der Waals surface area contributed by atoms with E-state index in [4.69, 9.17) is 9.47 Å². The number of aryl methyl sites for hydroxylation is 1. The summed E-state index contributed by atoms with van der Waals surface area (Å²) in [7, 11) is 1.64. The molecule has 2 amide bonds. The molecular weight excluding hydrogens is 334 g/mol. The van der Waals surface area contributed by atoms with E-state index in [9.17, 15) is 9.59 Å². The molecule has 4 rings (SSSR count). The van der Waals surface area contributed by atoms with Crippen molar-refractivity contribution in [3.63, 3.8) is 0 Å². The Morgan fingerprint density at radius 3 is 3.19 bits per heavy atom. The predicted octanol–water partition coefficient (Wildman–Crippen LogP) is 1.82. The first-order valence-electron chi connectivity index (χ1n) is 9.36. The van der Waals surface area contributed by atoms with E-state index in [0.717, 1.165) is 25.0 Å². The van der Waals surface area contributed by atoms with Gasteiger partial charge in [0.2, 0.25) is 0 Å². The average Bonchev–Trinajstić information content (AvgIpc) is 2.95. The lowest BCUT2D eigenvalue weighted by Gasteiger charge is -2.41. The summed E-state index contributed by atoms with van der Waals surface area (Å²) in [6.07, 6.45) is 5.83. The van der Waals surface area contributed by atoms with Gasteiger partial charge in [-0.15, -0.1) is 0 Å². The smallest absolute Gasteiger partial charge is 0.318 e. The number of pyridine rings is 1. The third-order valence-corrected chi connectivity index (χ3v) is 5.81. The summed E-state index contributed by atoms with van der Waals surface area (Å²) in [6, 6.07) is 3.92. The highest BCUT2D eigenvalue weighted by molar-refractivity contribution is 5.77. The van der Waals surface area contributed by atoms with Gasteiger partial charge in [-0.3, -0.25) is 9.78 Å². The quantitative estimate of drug-likeness (QED) is 0.811. The molecule has 1 N–H and O–H groups in total. The number of ether oxygens (including phenoxy) is 2. The number of nitrogens with zero attached hydrogens (tertiary/aromatic N) is 2. The van der Waals surface area contributed by atoms with E-state index in [2.05, 4.69) is 16.4 Å². The standard InChI is InChI=1S/C19H25N3O4/c1-25-9-8-22(15-6-2-4-12-5-3-7-20-18(12)15)19(24)21-14-11-16-13(14)10-17(23)26-16/h3,5,7,13-16H,2,4,6,8-11H2,1H3,(H,21,24)/t13-,14+,15?,16+/m0/s1. The topological polar surface area (TPSA) is 80.8 Å². The van der Waals surface area contributed by atoms with Gasteiger partial charge in [0.1, 0.15) is 6.10 Å². The molecule has 140 valence electrons. The minimum absolute atomic E-state index is 0.00999. The predicted molar refractivity (Wildman–Crippen MR) is 93.4 cm³/mol. The molecule has 0 aromatic carbocycles. The zero-order chi connectivity index (χ0) is 18.1. The summed E-state index contributed by atoms with van der Waals surface area (Å²) < 4.78 is 10.4. The monoisotopic (exact) mass is 359 g/mol. The molecule has 0 bridgehead atoms. The maximum atomic E-state index is 13.0. The number of carbonyl (C=O) groups is 2. The molecule has 0 spiro atoms. The molecule has 1 aliphatic heterocycles. The van der Waals surface area contributed by atoms with Crippen molar-refractivity contribution in [3.05, 3.63) is 29.6 Å². The van der Waals surface area contributed by atoms with Gasteiger partial charge in [-0.25, -0.2) is 4.79 Å². The number of nitrogens with one attached hydrogen (secondary N) is 1. The Labute approximate surface area is 153 Å². The molecule has 4 atom stereocenters. The lowest BCUT2D eigenvalue weighted by molar-refractivity contribution is -0.143. The van der Waals surface area contributed by atoms with Gasteiger partial charge in [-0.05, 0) is 30.9 Å². The van der Waals surface area contributed by atoms with Crippen molar-refractivity contribution in [2.75, 3.05) is 20.3 Å². The summed E-state index contributed by atoms with van der Waals surface area (Å²) >= 11 is 0. The van der Waals surface area contributed by atoms with Crippen molar-refractivity contribution < 1.29 is 19.1 Å². The highest BCUT2D eigenvalue weighted by Gasteiger charge is 2.50. The van der Waals surface area contributed by atoms with Gasteiger partial charge in [0, 0.05) is 38.2 Å². The largest absolute Gasteiger partial charge is 0.462 e. The van der Waals surface area contributed by atoms with Crippen molar-refractivity contribution in [1.29, 1.82) is 0 Å². The summed E-state index contributed by atoms with van der Waals surface area (Å²) in [5, 5.41) is 3.12. The zero-order valence-corrected chi connectivity index (χ0v) is 15.0. The van der Waals surface area contributed by atoms with Gasteiger partial charge in [0.05, 0.1) is 24.8 Å². The van der Waals surface area contributed by atoms with Gasteiger partial charge in [-0.2, -0.15) is 0 Å². The molecule has 1 unspecified atom stereocenters. The van der Waals surface area contributed by atoms with E-state index in [1.54, 1.807) is 13.3 Å². The van der Waals surface area contributed by atoms with Crippen LogP contribution in [0.5, 0.6) is 0 Å². The molecule has 1 aromatic rings. The Balaban J connectivity index is 1.48. The molecule has 0 radical (unpaired) electrons. The normalized spacial score (nSPS) is 29.2. The Morgan fingerprint density at radius 2 is 2.38 bits per heavy atom. The third kappa shape index (κ3) is 3.16. The highest BCUT2D eigenvalue weighted by atomic mass is 16.6. The van der Waals surface area contributed by atoms with Crippen molar-refractivity contribution in [3.8, 4) is 0 Å². The van der Waals surface area contributed by atoms with E-state index >= 15 is 0 Å². The number of carbonyl (C=O) groups excluding carboxylic acids is 2. The van der Waals surface area contributed by atoms with Crippen molar-refractivity contribution in [1.82, 2.24) is 15.2 Å². The Kier molecular flexibility index (Phi) is 4.80. The fraction of sp³-hybridized carbons (Fsp3) is 0.632. The van der Waals surface area contributed by atoms with E-state index in [0.29, 0.717) is 26.0 Å². The van der Waals surface area contributed by atoms with Crippen LogP contribution in [0.25, 0.3) is 0 Å². The molecule has 2 heterocycles. The van der Waals surface area contributed by atoms with Gasteiger partial charge in [0.15, 0.2) is 0 Å². The first-order chi connectivity index (χ1) is 12.7. The lowest BCUT2D eigenvalue weighted by atomic mass is 9.76. The van der Waals surface area contributed by atoms with Crippen LogP contribution >= 0.6 is 0 Å². The molecule has 7 nitrogen and oxygen atoms in total. The maximum Gasteiger partial charge on any atom is 0.318 e. The van der Waals surface area contributed by atoms with Crippen molar-refractivity contribution in [2.45, 2.75) is 50.3 Å². The second-order valence-corrected chi connectivity index (χ2v) is 7.33. The molecular formula is C19H25N3O4. The van der Waals surface area contributed by atoms with Crippen LogP contribution in [0.1, 0.15) is 43.0 Å². The van der Waals surface area contributed by atoms with E-state index in [1.165, 1.54) is 5.56 Å². The number of rotatable bonds is 5. The average molecular weight is 359 g/mol. The van der Waals surface area contributed by atoms with Crippen LogP contribution in [-0.4, -0.2) is 54.3 Å². The van der Waals surface area contributed by atoms with Crippen LogP contribution in [0.2, 0.25) is 0 Å². The van der Waals surface area contributed by atoms with Gasteiger partial charge >= 0.3 is 12.0 Å². The minimum atomic E-state index is -0.154. The summed E-state index contributed by atoms with van der Waals surface area (Å²) in [6.45, 7) is 0.990. The Hall–Kier alpha value is -2.15. The fourth-order valence-electron chi connectivity index (χ4n) is 4.37. The second kappa shape index (κ2) is 7.23. The number of esters is 1.